The molecule has 0 aliphatic carbocycles. The maximum absolute atomic E-state index is 12.6. The standard InChI is InChI=1S/C16H12ClN5O2/c17-12-7-9(3-4-19-12)13-10(8-18)1-2-11(23)14(13)15(24)22-16-20-5-6-21-16/h1-4,7,23H,5-6H2,(H2,20,21,22,24). The number of phenols is 1. The molecule has 24 heavy (non-hydrogen) atoms. The molecule has 3 N–H and O–H groups in total. The Morgan fingerprint density at radius 2 is 2.25 bits per heavy atom. The fraction of sp³-hybridized carbons (Fsp3) is 0.125. The van der Waals surface area contributed by atoms with Gasteiger partial charge in [0.15, 0.2) is 5.96 Å². The first kappa shape index (κ1) is 15.8. The SMILES string of the molecule is N#Cc1ccc(O)c(C(=O)NC2=NCCN2)c1-c1ccnc(Cl)c1. The summed E-state index contributed by atoms with van der Waals surface area (Å²) >= 11 is 5.91. The van der Waals surface area contributed by atoms with Gasteiger partial charge in [-0.15, -0.1) is 0 Å². The molecule has 3 rings (SSSR count). The van der Waals surface area contributed by atoms with Crippen molar-refractivity contribution in [3.8, 4) is 22.9 Å². The molecule has 1 amide bonds. The third-order valence-electron chi connectivity index (χ3n) is 3.45. The summed E-state index contributed by atoms with van der Waals surface area (Å²) in [6.45, 7) is 1.19. The average molecular weight is 342 g/mol. The lowest BCUT2D eigenvalue weighted by molar-refractivity contribution is 0.0974. The second-order valence-electron chi connectivity index (χ2n) is 4.97. The highest BCUT2D eigenvalue weighted by Gasteiger charge is 2.23. The molecule has 1 aromatic carbocycles. The molecular weight excluding hydrogens is 330 g/mol. The summed E-state index contributed by atoms with van der Waals surface area (Å²) in [6, 6.07) is 7.93. The minimum absolute atomic E-state index is 0.0206. The Bertz CT molecular complexity index is 889. The van der Waals surface area contributed by atoms with Crippen molar-refractivity contribution in [2.45, 2.75) is 0 Å². The Morgan fingerprint density at radius 1 is 1.42 bits per heavy atom. The van der Waals surface area contributed by atoms with E-state index in [-0.39, 0.29) is 27.6 Å². The average Bonchev–Trinajstić information content (AvgIpc) is 3.07. The van der Waals surface area contributed by atoms with Crippen molar-refractivity contribution >= 4 is 23.5 Å². The number of benzene rings is 1. The van der Waals surface area contributed by atoms with Crippen LogP contribution < -0.4 is 10.6 Å². The predicted octanol–water partition coefficient (Wildman–Crippen LogP) is 1.67. The maximum atomic E-state index is 12.6. The largest absolute Gasteiger partial charge is 0.507 e. The zero-order chi connectivity index (χ0) is 17.1. The number of halogens is 1. The number of guanidine groups is 1. The van der Waals surface area contributed by atoms with Crippen LogP contribution in [-0.2, 0) is 0 Å². The van der Waals surface area contributed by atoms with Gasteiger partial charge in [-0.1, -0.05) is 11.6 Å². The van der Waals surface area contributed by atoms with E-state index < -0.39 is 5.91 Å². The van der Waals surface area contributed by atoms with Gasteiger partial charge in [-0.25, -0.2) is 4.98 Å². The molecule has 0 fully saturated rings. The number of carbonyl (C=O) groups is 1. The number of carbonyl (C=O) groups excluding carboxylic acids is 1. The number of pyridine rings is 1. The summed E-state index contributed by atoms with van der Waals surface area (Å²) in [7, 11) is 0. The zero-order valence-corrected chi connectivity index (χ0v) is 13.1. The number of aliphatic imine (C=N–C) groups is 1. The van der Waals surface area contributed by atoms with Crippen LogP contribution in [0.1, 0.15) is 15.9 Å². The van der Waals surface area contributed by atoms with Crippen LogP contribution in [0.2, 0.25) is 5.15 Å². The lowest BCUT2D eigenvalue weighted by Crippen LogP contribution is -2.38. The fourth-order valence-corrected chi connectivity index (χ4v) is 2.60. The minimum Gasteiger partial charge on any atom is -0.507 e. The van der Waals surface area contributed by atoms with E-state index in [0.29, 0.717) is 24.6 Å². The van der Waals surface area contributed by atoms with Gasteiger partial charge in [0.25, 0.3) is 5.91 Å². The van der Waals surface area contributed by atoms with Crippen molar-refractivity contribution in [3.05, 3.63) is 46.7 Å². The lowest BCUT2D eigenvalue weighted by atomic mass is 9.94. The molecule has 120 valence electrons. The van der Waals surface area contributed by atoms with E-state index in [2.05, 4.69) is 20.6 Å². The molecule has 7 nitrogen and oxygen atoms in total. The van der Waals surface area contributed by atoms with Gasteiger partial charge in [0.05, 0.1) is 23.7 Å². The van der Waals surface area contributed by atoms with E-state index in [1.54, 1.807) is 6.07 Å². The molecule has 0 bridgehead atoms. The summed E-state index contributed by atoms with van der Waals surface area (Å²) in [6.07, 6.45) is 1.47. The van der Waals surface area contributed by atoms with E-state index >= 15 is 0 Å². The second-order valence-corrected chi connectivity index (χ2v) is 5.36. The predicted molar refractivity (Wildman–Crippen MR) is 88.8 cm³/mol. The third-order valence-corrected chi connectivity index (χ3v) is 3.66. The summed E-state index contributed by atoms with van der Waals surface area (Å²) in [5.74, 6) is -0.478. The Hall–Kier alpha value is -3.11. The number of amides is 1. The maximum Gasteiger partial charge on any atom is 0.262 e. The molecule has 8 heteroatoms. The highest BCUT2D eigenvalue weighted by molar-refractivity contribution is 6.29. The quantitative estimate of drug-likeness (QED) is 0.720. The van der Waals surface area contributed by atoms with Crippen molar-refractivity contribution in [2.24, 2.45) is 4.99 Å². The Kier molecular flexibility index (Phi) is 4.31. The van der Waals surface area contributed by atoms with Gasteiger partial charge < -0.3 is 10.4 Å². The van der Waals surface area contributed by atoms with Crippen molar-refractivity contribution in [3.63, 3.8) is 0 Å². The third kappa shape index (κ3) is 3.00. The number of nitrogens with zero attached hydrogens (tertiary/aromatic N) is 3. The molecule has 0 radical (unpaired) electrons. The van der Waals surface area contributed by atoms with Crippen LogP contribution in [-0.4, -0.2) is 35.0 Å². The van der Waals surface area contributed by atoms with Gasteiger partial charge in [-0.05, 0) is 29.8 Å². The molecule has 1 aromatic heterocycles. The monoisotopic (exact) mass is 341 g/mol. The molecule has 1 aliphatic heterocycles. The number of nitriles is 1. The zero-order valence-electron chi connectivity index (χ0n) is 12.4. The van der Waals surface area contributed by atoms with E-state index in [9.17, 15) is 15.2 Å². The van der Waals surface area contributed by atoms with Crippen molar-refractivity contribution in [1.29, 1.82) is 5.26 Å². The van der Waals surface area contributed by atoms with E-state index in [4.69, 9.17) is 11.6 Å². The molecule has 0 atom stereocenters. The molecule has 2 aromatic rings. The highest BCUT2D eigenvalue weighted by Crippen LogP contribution is 2.34. The number of aromatic nitrogens is 1. The van der Waals surface area contributed by atoms with Gasteiger partial charge in [0.1, 0.15) is 10.9 Å². The summed E-state index contributed by atoms with van der Waals surface area (Å²) in [4.78, 5) is 20.6. The normalized spacial score (nSPS) is 12.9. The van der Waals surface area contributed by atoms with Crippen LogP contribution in [0.5, 0.6) is 5.75 Å². The molecule has 0 saturated carbocycles. The smallest absolute Gasteiger partial charge is 0.262 e. The molecule has 2 heterocycles. The Morgan fingerprint density at radius 3 is 2.92 bits per heavy atom. The van der Waals surface area contributed by atoms with Crippen molar-refractivity contribution < 1.29 is 9.90 Å². The summed E-state index contributed by atoms with van der Waals surface area (Å²) in [5, 5.41) is 25.3. The first-order chi connectivity index (χ1) is 11.6. The lowest BCUT2D eigenvalue weighted by Gasteiger charge is -2.14. The number of aromatic hydroxyl groups is 1. The van der Waals surface area contributed by atoms with Gasteiger partial charge in [-0.2, -0.15) is 5.26 Å². The Labute approximate surface area is 142 Å². The van der Waals surface area contributed by atoms with Gasteiger partial charge >= 0.3 is 0 Å². The molecule has 1 aliphatic rings. The van der Waals surface area contributed by atoms with Crippen molar-refractivity contribution in [2.75, 3.05) is 13.1 Å². The fourth-order valence-electron chi connectivity index (χ4n) is 2.42. The number of hydrogen-bond acceptors (Lipinski definition) is 6. The van der Waals surface area contributed by atoms with Crippen LogP contribution in [0.3, 0.4) is 0 Å². The molecule has 0 unspecified atom stereocenters. The van der Waals surface area contributed by atoms with Crippen LogP contribution in [0.4, 0.5) is 0 Å². The second kappa shape index (κ2) is 6.56. The number of hydrogen-bond donors (Lipinski definition) is 3. The summed E-state index contributed by atoms with van der Waals surface area (Å²) in [5.41, 5.74) is 1.01. The van der Waals surface area contributed by atoms with Gasteiger partial charge in [0, 0.05) is 18.3 Å². The molecule has 0 saturated heterocycles. The molecular formula is C16H12ClN5O2. The highest BCUT2D eigenvalue weighted by atomic mass is 35.5. The van der Waals surface area contributed by atoms with Crippen LogP contribution in [0.25, 0.3) is 11.1 Å². The van der Waals surface area contributed by atoms with E-state index in [1.165, 1.54) is 24.4 Å². The molecule has 0 spiro atoms. The van der Waals surface area contributed by atoms with Crippen molar-refractivity contribution in [1.82, 2.24) is 15.6 Å². The van der Waals surface area contributed by atoms with E-state index in [1.807, 2.05) is 6.07 Å². The first-order valence-electron chi connectivity index (χ1n) is 7.08. The minimum atomic E-state index is -0.569. The number of rotatable bonds is 2. The first-order valence-corrected chi connectivity index (χ1v) is 7.45. The Balaban J connectivity index is 2.14. The van der Waals surface area contributed by atoms with Crippen LogP contribution in [0, 0.1) is 11.3 Å². The van der Waals surface area contributed by atoms with Gasteiger partial charge in [-0.3, -0.25) is 15.1 Å². The number of phenolic OH excluding ortho intramolecular Hbond substituents is 1. The topological polar surface area (TPSA) is 110 Å². The van der Waals surface area contributed by atoms with Crippen LogP contribution in [0.15, 0.2) is 35.5 Å². The van der Waals surface area contributed by atoms with E-state index in [0.717, 1.165) is 0 Å². The van der Waals surface area contributed by atoms with Gasteiger partial charge in [0.2, 0.25) is 0 Å². The summed E-state index contributed by atoms with van der Waals surface area (Å²) < 4.78 is 0. The number of nitrogens with one attached hydrogen (secondary N) is 2. The van der Waals surface area contributed by atoms with Crippen LogP contribution >= 0.6 is 11.6 Å².